The number of carbonyl (C=O) groups is 3. The van der Waals surface area contributed by atoms with Crippen molar-refractivity contribution in [3.63, 3.8) is 0 Å². The van der Waals surface area contributed by atoms with Gasteiger partial charge in [-0.05, 0) is 66.2 Å². The fraction of sp³-hybridized carbons (Fsp3) is 0.714. The van der Waals surface area contributed by atoms with Gasteiger partial charge in [-0.1, -0.05) is 12.2 Å². The first-order chi connectivity index (χ1) is 13.6. The maximum atomic E-state index is 12.3. The quantitative estimate of drug-likeness (QED) is 0.485. The van der Waals surface area contributed by atoms with Crippen LogP contribution < -0.4 is 5.32 Å². The molecule has 0 fully saturated rings. The molecule has 0 aliphatic carbocycles. The highest BCUT2D eigenvalue weighted by Crippen LogP contribution is 2.10. The number of ether oxygens (including phenoxy) is 2. The number of aliphatic imine (C=N–C) groups is 1. The molecular formula is C21H35N3O5. The number of allylic oxidation sites excluding steroid dienone is 2. The van der Waals surface area contributed by atoms with Crippen LogP contribution in [0.4, 0.5) is 4.79 Å². The van der Waals surface area contributed by atoms with E-state index in [-0.39, 0.29) is 24.5 Å². The van der Waals surface area contributed by atoms with Gasteiger partial charge < -0.3 is 14.4 Å². The number of carbonyl (C=O) groups excluding carboxylic acids is 3. The smallest absolute Gasteiger partial charge is 0.437 e. The van der Waals surface area contributed by atoms with Gasteiger partial charge >= 0.3 is 12.1 Å². The lowest BCUT2D eigenvalue weighted by Gasteiger charge is -2.23. The van der Waals surface area contributed by atoms with Crippen LogP contribution in [0.5, 0.6) is 0 Å². The van der Waals surface area contributed by atoms with Crippen LogP contribution in [-0.4, -0.2) is 54.1 Å². The lowest BCUT2D eigenvalue weighted by Crippen LogP contribution is -2.45. The summed E-state index contributed by atoms with van der Waals surface area (Å²) in [4.78, 5) is 41.9. The maximum absolute atomic E-state index is 12.3. The zero-order valence-corrected chi connectivity index (χ0v) is 18.3. The normalized spacial score (nSPS) is 23.7. The number of cyclic esters (lactones) is 1. The second-order valence-electron chi connectivity index (χ2n) is 8.27. The van der Waals surface area contributed by atoms with Crippen LogP contribution in [0.15, 0.2) is 17.1 Å². The molecule has 164 valence electrons. The Hall–Kier alpha value is -2.38. The zero-order valence-electron chi connectivity index (χ0n) is 18.3. The highest BCUT2D eigenvalue weighted by molar-refractivity contribution is 6.01. The molecule has 2 amide bonds. The fourth-order valence-electron chi connectivity index (χ4n) is 2.66. The molecule has 1 N–H and O–H groups in total. The van der Waals surface area contributed by atoms with E-state index in [0.29, 0.717) is 6.42 Å². The van der Waals surface area contributed by atoms with Crippen LogP contribution in [0.3, 0.4) is 0 Å². The number of amides is 2. The number of nitrogens with zero attached hydrogens (tertiary/aromatic N) is 2. The lowest BCUT2D eigenvalue weighted by molar-refractivity contribution is -0.148. The van der Waals surface area contributed by atoms with Crippen LogP contribution in [0, 0.1) is 0 Å². The predicted molar refractivity (Wildman–Crippen MR) is 111 cm³/mol. The number of hydrogen-bond donors (Lipinski definition) is 1. The van der Waals surface area contributed by atoms with Gasteiger partial charge in [-0.3, -0.25) is 14.9 Å². The molecule has 8 heteroatoms. The molecule has 0 saturated heterocycles. The van der Waals surface area contributed by atoms with Gasteiger partial charge in [0.2, 0.25) is 11.9 Å². The molecule has 0 unspecified atom stereocenters. The lowest BCUT2D eigenvalue weighted by atomic mass is 10.1. The number of guanidine groups is 1. The number of nitrogens with one attached hydrogen (secondary N) is 1. The minimum Gasteiger partial charge on any atom is -0.461 e. The molecule has 0 radical (unpaired) electrons. The van der Waals surface area contributed by atoms with Gasteiger partial charge in [0.1, 0.15) is 12.1 Å². The third-order valence-electron chi connectivity index (χ3n) is 4.08. The van der Waals surface area contributed by atoms with Crippen molar-refractivity contribution in [3.8, 4) is 0 Å². The van der Waals surface area contributed by atoms with Gasteiger partial charge in [0, 0.05) is 13.5 Å². The summed E-state index contributed by atoms with van der Waals surface area (Å²) in [6.07, 6.45) is 8.69. The SMILES string of the molecule is C[C@@H]1CCC/C=C/CCCCC(=O)NC(=NC(=O)OC(C)(C)C)N(C)CC(=O)O1. The Kier molecular flexibility index (Phi) is 10.4. The van der Waals surface area contributed by atoms with Gasteiger partial charge in [0.05, 0.1) is 6.10 Å². The molecule has 1 rings (SSSR count). The molecule has 1 aliphatic rings. The Morgan fingerprint density at radius 3 is 2.52 bits per heavy atom. The van der Waals surface area contributed by atoms with Gasteiger partial charge in [-0.2, -0.15) is 0 Å². The second-order valence-corrected chi connectivity index (χ2v) is 8.27. The number of hydrogen-bond acceptors (Lipinski definition) is 5. The fourth-order valence-corrected chi connectivity index (χ4v) is 2.66. The van der Waals surface area contributed by atoms with Crippen LogP contribution in [-0.2, 0) is 19.1 Å². The summed E-state index contributed by atoms with van der Waals surface area (Å²) in [5.74, 6) is -0.752. The molecule has 1 aliphatic heterocycles. The zero-order chi connectivity index (χ0) is 21.9. The minimum atomic E-state index is -0.836. The molecule has 0 aromatic rings. The number of esters is 1. The summed E-state index contributed by atoms with van der Waals surface area (Å²) in [7, 11) is 1.56. The summed E-state index contributed by atoms with van der Waals surface area (Å²) in [5, 5.41) is 2.62. The molecule has 8 nitrogen and oxygen atoms in total. The molecule has 0 aromatic carbocycles. The van der Waals surface area contributed by atoms with Crippen molar-refractivity contribution < 1.29 is 23.9 Å². The van der Waals surface area contributed by atoms with Gasteiger partial charge in [0.15, 0.2) is 0 Å². The van der Waals surface area contributed by atoms with Crippen molar-refractivity contribution in [1.82, 2.24) is 10.2 Å². The molecule has 0 aromatic heterocycles. The van der Waals surface area contributed by atoms with Gasteiger partial charge in [0.25, 0.3) is 0 Å². The first-order valence-corrected chi connectivity index (χ1v) is 10.2. The molecular weight excluding hydrogens is 374 g/mol. The molecule has 0 saturated carbocycles. The average molecular weight is 410 g/mol. The van der Waals surface area contributed by atoms with Crippen LogP contribution in [0.2, 0.25) is 0 Å². The first-order valence-electron chi connectivity index (χ1n) is 10.2. The van der Waals surface area contributed by atoms with Gasteiger partial charge in [-0.15, -0.1) is 4.99 Å². The first kappa shape index (κ1) is 24.7. The molecule has 0 bridgehead atoms. The third kappa shape index (κ3) is 11.9. The van der Waals surface area contributed by atoms with E-state index >= 15 is 0 Å². The monoisotopic (exact) mass is 409 g/mol. The predicted octanol–water partition coefficient (Wildman–Crippen LogP) is 3.56. The van der Waals surface area contributed by atoms with E-state index in [4.69, 9.17) is 9.47 Å². The van der Waals surface area contributed by atoms with E-state index in [9.17, 15) is 14.4 Å². The van der Waals surface area contributed by atoms with Crippen molar-refractivity contribution in [1.29, 1.82) is 0 Å². The molecule has 29 heavy (non-hydrogen) atoms. The van der Waals surface area contributed by atoms with E-state index in [1.165, 1.54) is 4.90 Å². The summed E-state index contributed by atoms with van der Waals surface area (Å²) >= 11 is 0. The molecule has 0 spiro atoms. The summed E-state index contributed by atoms with van der Waals surface area (Å²) in [6, 6.07) is 0. The van der Waals surface area contributed by atoms with Crippen molar-refractivity contribution in [2.45, 2.75) is 84.3 Å². The third-order valence-corrected chi connectivity index (χ3v) is 4.08. The van der Waals surface area contributed by atoms with E-state index in [2.05, 4.69) is 22.5 Å². The Morgan fingerprint density at radius 1 is 1.21 bits per heavy atom. The van der Waals surface area contributed by atoms with Crippen molar-refractivity contribution in [2.75, 3.05) is 13.6 Å². The van der Waals surface area contributed by atoms with Crippen LogP contribution in [0.25, 0.3) is 0 Å². The average Bonchev–Trinajstić information content (AvgIpc) is 2.57. The molecule has 1 heterocycles. The van der Waals surface area contributed by atoms with E-state index in [1.54, 1.807) is 27.8 Å². The Balaban J connectivity index is 2.92. The van der Waals surface area contributed by atoms with Crippen molar-refractivity contribution in [3.05, 3.63) is 12.2 Å². The summed E-state index contributed by atoms with van der Waals surface area (Å²) in [6.45, 7) is 6.88. The largest absolute Gasteiger partial charge is 0.461 e. The van der Waals surface area contributed by atoms with Crippen molar-refractivity contribution >= 4 is 23.9 Å². The van der Waals surface area contributed by atoms with Crippen LogP contribution in [0.1, 0.15) is 72.6 Å². The Morgan fingerprint density at radius 2 is 1.86 bits per heavy atom. The highest BCUT2D eigenvalue weighted by Gasteiger charge is 2.21. The van der Waals surface area contributed by atoms with E-state index in [0.717, 1.165) is 38.5 Å². The minimum absolute atomic E-state index is 0.0296. The topological polar surface area (TPSA) is 97.3 Å². The van der Waals surface area contributed by atoms with E-state index in [1.807, 2.05) is 6.92 Å². The summed E-state index contributed by atoms with van der Waals surface area (Å²) < 4.78 is 10.6. The standard InChI is InChI=1S/C21H35N3O5/c1-16-13-11-9-7-6-8-10-12-14-17(25)22-19(24(5)15-18(26)28-16)23-20(27)29-21(2,3)4/h6-7,16H,8-15H2,1-5H3,(H,22,23,25,27)/b7-6+/t16-/m1/s1. The second kappa shape index (κ2) is 12.2. The van der Waals surface area contributed by atoms with Gasteiger partial charge in [-0.25, -0.2) is 4.79 Å². The van der Waals surface area contributed by atoms with Crippen LogP contribution >= 0.6 is 0 Å². The number of rotatable bonds is 0. The Labute approximate surface area is 173 Å². The van der Waals surface area contributed by atoms with Crippen molar-refractivity contribution in [2.24, 2.45) is 4.99 Å². The number of likely N-dealkylation sites (N-methyl/N-ethyl adjacent to an activating group) is 1. The summed E-state index contributed by atoms with van der Waals surface area (Å²) in [5.41, 5.74) is -0.720. The maximum Gasteiger partial charge on any atom is 0.437 e. The Bertz CT molecular complexity index is 622. The molecule has 1 atom stereocenters. The van der Waals surface area contributed by atoms with E-state index < -0.39 is 17.7 Å². The highest BCUT2D eigenvalue weighted by atomic mass is 16.6.